The lowest BCUT2D eigenvalue weighted by atomic mass is 10.1. The Balaban J connectivity index is 3.29. The first-order valence-electron chi connectivity index (χ1n) is 6.56. The maximum atomic E-state index is 12.7. The number of hydrogen-bond donors (Lipinski definition) is 1. The predicted octanol–water partition coefficient (Wildman–Crippen LogP) is 2.46. The standard InChI is InChI=1S/C14H21NO4S2/c1-5-12(9-20-4)15(3)21(18,19)13-8-11(14(16)17)7-6-10(13)2/h6-8,12H,5,9H2,1-4H3,(H,16,17). The van der Waals surface area contributed by atoms with Gasteiger partial charge in [-0.2, -0.15) is 16.1 Å². The smallest absolute Gasteiger partial charge is 0.335 e. The van der Waals surface area contributed by atoms with E-state index < -0.39 is 16.0 Å². The number of aromatic carboxylic acids is 1. The molecule has 0 saturated carbocycles. The summed E-state index contributed by atoms with van der Waals surface area (Å²) in [5.41, 5.74) is 0.524. The van der Waals surface area contributed by atoms with Crippen molar-refractivity contribution in [2.45, 2.75) is 31.2 Å². The van der Waals surface area contributed by atoms with Crippen molar-refractivity contribution in [1.29, 1.82) is 0 Å². The molecule has 0 aliphatic heterocycles. The van der Waals surface area contributed by atoms with Gasteiger partial charge in [0.15, 0.2) is 0 Å². The highest BCUT2D eigenvalue weighted by Crippen LogP contribution is 2.24. The zero-order valence-electron chi connectivity index (χ0n) is 12.7. The molecule has 0 aliphatic carbocycles. The van der Waals surface area contributed by atoms with E-state index in [1.807, 2.05) is 13.2 Å². The average Bonchev–Trinajstić information content (AvgIpc) is 2.43. The molecule has 1 aromatic rings. The molecule has 5 nitrogen and oxygen atoms in total. The minimum Gasteiger partial charge on any atom is -0.478 e. The monoisotopic (exact) mass is 331 g/mol. The Hall–Kier alpha value is -1.05. The van der Waals surface area contributed by atoms with Crippen LogP contribution >= 0.6 is 11.8 Å². The van der Waals surface area contributed by atoms with Crippen LogP contribution in [-0.4, -0.2) is 48.9 Å². The van der Waals surface area contributed by atoms with Crippen molar-refractivity contribution in [3.05, 3.63) is 29.3 Å². The second-order valence-electron chi connectivity index (χ2n) is 4.82. The van der Waals surface area contributed by atoms with Crippen LogP contribution in [0.15, 0.2) is 23.1 Å². The molecule has 0 amide bonds. The van der Waals surface area contributed by atoms with Crippen LogP contribution in [0.4, 0.5) is 0 Å². The third-order valence-electron chi connectivity index (χ3n) is 3.44. The Morgan fingerprint density at radius 1 is 1.43 bits per heavy atom. The molecule has 0 saturated heterocycles. The fourth-order valence-electron chi connectivity index (χ4n) is 2.03. The maximum absolute atomic E-state index is 12.7. The molecule has 1 rings (SSSR count). The Morgan fingerprint density at radius 3 is 2.52 bits per heavy atom. The van der Waals surface area contributed by atoms with Gasteiger partial charge >= 0.3 is 5.97 Å². The van der Waals surface area contributed by atoms with Crippen LogP contribution in [0.25, 0.3) is 0 Å². The zero-order chi connectivity index (χ0) is 16.2. The summed E-state index contributed by atoms with van der Waals surface area (Å²) in [6.45, 7) is 3.61. The molecular formula is C14H21NO4S2. The van der Waals surface area contributed by atoms with Gasteiger partial charge in [0.2, 0.25) is 10.0 Å². The summed E-state index contributed by atoms with van der Waals surface area (Å²) in [6.07, 6.45) is 2.63. The van der Waals surface area contributed by atoms with E-state index in [9.17, 15) is 13.2 Å². The molecule has 0 fully saturated rings. The van der Waals surface area contributed by atoms with Crippen LogP contribution in [0.1, 0.15) is 29.3 Å². The molecule has 1 aromatic carbocycles. The van der Waals surface area contributed by atoms with Gasteiger partial charge in [0.25, 0.3) is 0 Å². The highest BCUT2D eigenvalue weighted by atomic mass is 32.2. The van der Waals surface area contributed by atoms with Crippen LogP contribution in [0, 0.1) is 6.92 Å². The Morgan fingerprint density at radius 2 is 2.05 bits per heavy atom. The van der Waals surface area contributed by atoms with Gasteiger partial charge in [-0.1, -0.05) is 13.0 Å². The van der Waals surface area contributed by atoms with Crippen molar-refractivity contribution in [1.82, 2.24) is 4.31 Å². The first-order valence-corrected chi connectivity index (χ1v) is 9.40. The van der Waals surface area contributed by atoms with Crippen LogP contribution in [-0.2, 0) is 10.0 Å². The Kier molecular flexibility index (Phi) is 6.24. The third kappa shape index (κ3) is 3.99. The molecular weight excluding hydrogens is 310 g/mol. The van der Waals surface area contributed by atoms with Gasteiger partial charge in [-0.3, -0.25) is 0 Å². The number of carboxylic acid groups (broad SMARTS) is 1. The van der Waals surface area contributed by atoms with Gasteiger partial charge in [-0.05, 0) is 37.3 Å². The minimum absolute atomic E-state index is 0.0227. The van der Waals surface area contributed by atoms with E-state index in [1.165, 1.54) is 22.5 Å². The maximum Gasteiger partial charge on any atom is 0.335 e. The number of benzene rings is 1. The largest absolute Gasteiger partial charge is 0.478 e. The molecule has 0 radical (unpaired) electrons. The molecule has 0 heterocycles. The summed E-state index contributed by atoms with van der Waals surface area (Å²) in [5.74, 6) is -0.436. The number of rotatable bonds is 7. The number of aryl methyl sites for hydroxylation is 1. The second kappa shape index (κ2) is 7.29. The molecule has 1 unspecified atom stereocenters. The number of carboxylic acids is 1. The lowest BCUT2D eigenvalue weighted by Crippen LogP contribution is -2.38. The molecule has 0 spiro atoms. The summed E-state index contributed by atoms with van der Waals surface area (Å²) in [6, 6.07) is 4.06. The number of thioether (sulfide) groups is 1. The lowest BCUT2D eigenvalue weighted by Gasteiger charge is -2.26. The highest BCUT2D eigenvalue weighted by Gasteiger charge is 2.28. The Labute approximate surface area is 130 Å². The first kappa shape index (κ1) is 18.0. The van der Waals surface area contributed by atoms with E-state index in [4.69, 9.17) is 5.11 Å². The average molecular weight is 331 g/mol. The molecule has 1 N–H and O–H groups in total. The molecule has 7 heteroatoms. The van der Waals surface area contributed by atoms with Crippen molar-refractivity contribution < 1.29 is 18.3 Å². The summed E-state index contributed by atoms with van der Waals surface area (Å²) >= 11 is 1.59. The van der Waals surface area contributed by atoms with E-state index in [-0.39, 0.29) is 16.5 Å². The molecule has 118 valence electrons. The topological polar surface area (TPSA) is 74.7 Å². The normalized spacial score (nSPS) is 13.4. The van der Waals surface area contributed by atoms with Crippen LogP contribution in [0.5, 0.6) is 0 Å². The summed E-state index contributed by atoms with van der Waals surface area (Å²) in [7, 11) is -2.15. The molecule has 0 aromatic heterocycles. The quantitative estimate of drug-likeness (QED) is 0.831. The highest BCUT2D eigenvalue weighted by molar-refractivity contribution is 7.98. The van der Waals surface area contributed by atoms with Crippen molar-refractivity contribution in [3.63, 3.8) is 0 Å². The van der Waals surface area contributed by atoms with E-state index in [2.05, 4.69) is 0 Å². The van der Waals surface area contributed by atoms with E-state index in [1.54, 1.807) is 25.7 Å². The molecule has 0 aliphatic rings. The molecule has 21 heavy (non-hydrogen) atoms. The second-order valence-corrected chi connectivity index (χ2v) is 7.70. The van der Waals surface area contributed by atoms with E-state index >= 15 is 0 Å². The van der Waals surface area contributed by atoms with Crippen LogP contribution in [0.2, 0.25) is 0 Å². The van der Waals surface area contributed by atoms with Gasteiger partial charge in [-0.15, -0.1) is 0 Å². The summed E-state index contributed by atoms with van der Waals surface area (Å²) in [5, 5.41) is 9.03. The van der Waals surface area contributed by atoms with Crippen LogP contribution in [0.3, 0.4) is 0 Å². The van der Waals surface area contributed by atoms with E-state index in [0.717, 1.165) is 0 Å². The van der Waals surface area contributed by atoms with Crippen molar-refractivity contribution in [3.8, 4) is 0 Å². The number of hydrogen-bond acceptors (Lipinski definition) is 4. The fourth-order valence-corrected chi connectivity index (χ4v) is 4.65. The van der Waals surface area contributed by atoms with Gasteiger partial charge in [0.05, 0.1) is 10.5 Å². The first-order chi connectivity index (χ1) is 9.75. The van der Waals surface area contributed by atoms with Crippen molar-refractivity contribution in [2.24, 2.45) is 0 Å². The van der Waals surface area contributed by atoms with E-state index in [0.29, 0.717) is 17.7 Å². The SMILES string of the molecule is CCC(CSC)N(C)S(=O)(=O)c1cc(C(=O)O)ccc1C. The van der Waals surface area contributed by atoms with Crippen LogP contribution < -0.4 is 0 Å². The Bertz CT molecular complexity index is 613. The van der Waals surface area contributed by atoms with Gasteiger partial charge in [0.1, 0.15) is 0 Å². The van der Waals surface area contributed by atoms with Gasteiger partial charge < -0.3 is 5.11 Å². The van der Waals surface area contributed by atoms with Gasteiger partial charge in [0, 0.05) is 18.8 Å². The fraction of sp³-hybridized carbons (Fsp3) is 0.500. The summed E-state index contributed by atoms with van der Waals surface area (Å²) in [4.78, 5) is 11.1. The number of carbonyl (C=O) groups is 1. The third-order valence-corrected chi connectivity index (χ3v) is 6.21. The zero-order valence-corrected chi connectivity index (χ0v) is 14.3. The number of sulfonamides is 1. The van der Waals surface area contributed by atoms with Crippen molar-refractivity contribution in [2.75, 3.05) is 19.1 Å². The van der Waals surface area contributed by atoms with Crippen molar-refractivity contribution >= 4 is 27.8 Å². The number of nitrogens with zero attached hydrogens (tertiary/aromatic N) is 1. The molecule has 0 bridgehead atoms. The molecule has 1 atom stereocenters. The predicted molar refractivity (Wildman–Crippen MR) is 85.5 cm³/mol. The lowest BCUT2D eigenvalue weighted by molar-refractivity contribution is 0.0696. The summed E-state index contributed by atoms with van der Waals surface area (Å²) < 4.78 is 26.8. The minimum atomic E-state index is -3.70. The van der Waals surface area contributed by atoms with Gasteiger partial charge in [-0.25, -0.2) is 13.2 Å².